The summed E-state index contributed by atoms with van der Waals surface area (Å²) in [6.07, 6.45) is 36.8. The van der Waals surface area contributed by atoms with Gasteiger partial charge in [-0.3, -0.25) is 9.36 Å². The van der Waals surface area contributed by atoms with Gasteiger partial charge in [0.1, 0.15) is 13.2 Å². The lowest BCUT2D eigenvalue weighted by Crippen LogP contribution is -2.46. The lowest BCUT2D eigenvalue weighted by Gasteiger charge is -2.29. The molecule has 312 valence electrons. The van der Waals surface area contributed by atoms with Crippen molar-refractivity contribution in [1.29, 1.82) is 0 Å². The molecule has 0 fully saturated rings. The Morgan fingerprint density at radius 3 is 1.87 bits per heavy atom. The zero-order valence-electron chi connectivity index (χ0n) is 34.4. The van der Waals surface area contributed by atoms with Crippen LogP contribution in [0.5, 0.6) is 0 Å². The lowest BCUT2D eigenvalue weighted by molar-refractivity contribution is -0.870. The summed E-state index contributed by atoms with van der Waals surface area (Å²) in [4.78, 5) is 25.3. The molecule has 10 nitrogen and oxygen atoms in total. The minimum absolute atomic E-state index is 0.0186. The molecule has 0 saturated carbocycles. The number of aliphatic hydroxyl groups excluding tert-OH is 3. The van der Waals surface area contributed by atoms with Crippen LogP contribution in [0.15, 0.2) is 72.9 Å². The third-order valence-corrected chi connectivity index (χ3v) is 9.54. The van der Waals surface area contributed by atoms with Crippen LogP contribution in [-0.2, 0) is 18.4 Å². The van der Waals surface area contributed by atoms with Gasteiger partial charge >= 0.3 is 0 Å². The second-order valence-electron chi connectivity index (χ2n) is 14.9. The van der Waals surface area contributed by atoms with Crippen molar-refractivity contribution in [2.24, 2.45) is 0 Å². The SMILES string of the molecule is CC/C=C\C/C=C\C/C=C\C/C=C\C[C@@H](O)[C@H](O)CCCC(=O)N[C@@H](COP(=O)([O-])OCC[N+](C)(C)C)[C@H](O)/C=C/CCCCCCCC/C=C\CCC. The van der Waals surface area contributed by atoms with Crippen molar-refractivity contribution in [3.05, 3.63) is 72.9 Å². The lowest BCUT2D eigenvalue weighted by atomic mass is 10.0. The highest BCUT2D eigenvalue weighted by Gasteiger charge is 2.23. The van der Waals surface area contributed by atoms with Crippen LogP contribution in [-0.4, -0.2) is 91.0 Å². The van der Waals surface area contributed by atoms with Crippen molar-refractivity contribution in [2.45, 2.75) is 154 Å². The number of aliphatic hydroxyl groups is 3. The van der Waals surface area contributed by atoms with E-state index in [9.17, 15) is 29.6 Å². The van der Waals surface area contributed by atoms with Crippen LogP contribution in [0, 0.1) is 0 Å². The minimum Gasteiger partial charge on any atom is -0.756 e. The van der Waals surface area contributed by atoms with Crippen molar-refractivity contribution >= 4 is 13.7 Å². The number of phosphoric ester groups is 1. The van der Waals surface area contributed by atoms with E-state index >= 15 is 0 Å². The Hall–Kier alpha value is -2.14. The molecule has 1 amide bonds. The van der Waals surface area contributed by atoms with Gasteiger partial charge in [-0.15, -0.1) is 0 Å². The fourth-order valence-electron chi connectivity index (χ4n) is 5.18. The van der Waals surface area contributed by atoms with Crippen molar-refractivity contribution in [1.82, 2.24) is 5.32 Å². The summed E-state index contributed by atoms with van der Waals surface area (Å²) in [6, 6.07) is -1.03. The highest BCUT2D eigenvalue weighted by Crippen LogP contribution is 2.38. The van der Waals surface area contributed by atoms with E-state index in [2.05, 4.69) is 67.8 Å². The number of amides is 1. The van der Waals surface area contributed by atoms with Crippen molar-refractivity contribution in [3.8, 4) is 0 Å². The van der Waals surface area contributed by atoms with Gasteiger partial charge in [-0.1, -0.05) is 119 Å². The second-order valence-corrected chi connectivity index (χ2v) is 16.3. The Morgan fingerprint density at radius 1 is 0.722 bits per heavy atom. The van der Waals surface area contributed by atoms with Crippen molar-refractivity contribution in [2.75, 3.05) is 40.9 Å². The van der Waals surface area contributed by atoms with Crippen molar-refractivity contribution in [3.63, 3.8) is 0 Å². The zero-order valence-corrected chi connectivity index (χ0v) is 35.3. The molecule has 0 aliphatic rings. The highest BCUT2D eigenvalue weighted by molar-refractivity contribution is 7.45. The number of rotatable bonds is 35. The number of nitrogens with one attached hydrogen (secondary N) is 1. The molecular formula is C43H77N2O8P. The monoisotopic (exact) mass is 781 g/mol. The topological polar surface area (TPSA) is 148 Å². The fourth-order valence-corrected chi connectivity index (χ4v) is 5.90. The normalized spacial score (nSPS) is 16.4. The first kappa shape index (κ1) is 51.9. The molecule has 1 unspecified atom stereocenters. The van der Waals surface area contributed by atoms with Gasteiger partial charge < -0.3 is 39.1 Å². The van der Waals surface area contributed by atoms with Gasteiger partial charge in [0.25, 0.3) is 7.82 Å². The van der Waals surface area contributed by atoms with E-state index in [1.165, 1.54) is 25.7 Å². The number of unbranched alkanes of at least 4 members (excludes halogenated alkanes) is 8. The first-order valence-electron chi connectivity index (χ1n) is 20.5. The van der Waals surface area contributed by atoms with Gasteiger partial charge in [0, 0.05) is 6.42 Å². The van der Waals surface area contributed by atoms with Crippen LogP contribution >= 0.6 is 7.82 Å². The standard InChI is InChI=1S/C43H77N2O8P/c1-6-8-10-12-14-16-18-20-22-23-25-27-29-32-40(46)39(38-53-54(50,51)52-37-36-45(3,4)5)44-43(49)35-31-34-42(48)41(47)33-30-28-26-24-21-19-17-15-13-11-9-7-2/h9-12,15,17,21,24,28-30,32,39-42,46-48H,6-8,13-14,16,18-20,22-23,25-27,31,33-38H2,1-5H3,(H-,44,49,50,51)/b11-9-,12-10-,17-15-,24-21-,30-28-,32-29+/t39-,40+,41+,42+/m0/s1. The van der Waals surface area contributed by atoms with E-state index in [1.54, 1.807) is 6.08 Å². The summed E-state index contributed by atoms with van der Waals surface area (Å²) in [5, 5.41) is 34.4. The molecule has 0 saturated heterocycles. The van der Waals surface area contributed by atoms with Gasteiger partial charge in [0.2, 0.25) is 5.91 Å². The van der Waals surface area contributed by atoms with E-state index in [1.807, 2.05) is 39.4 Å². The summed E-state index contributed by atoms with van der Waals surface area (Å²) in [5.74, 6) is -0.427. The predicted molar refractivity (Wildman–Crippen MR) is 222 cm³/mol. The summed E-state index contributed by atoms with van der Waals surface area (Å²) >= 11 is 0. The average Bonchev–Trinajstić information content (AvgIpc) is 3.11. The van der Waals surface area contributed by atoms with Gasteiger partial charge in [0.05, 0.1) is 52.1 Å². The quantitative estimate of drug-likeness (QED) is 0.0218. The second kappa shape index (κ2) is 34.1. The molecule has 54 heavy (non-hydrogen) atoms. The third kappa shape index (κ3) is 34.4. The van der Waals surface area contributed by atoms with Gasteiger partial charge in [-0.25, -0.2) is 0 Å². The molecule has 0 aromatic heterocycles. The molecule has 0 aliphatic carbocycles. The summed E-state index contributed by atoms with van der Waals surface area (Å²) in [7, 11) is 1.06. The maximum Gasteiger partial charge on any atom is 0.268 e. The van der Waals surface area contributed by atoms with Crippen LogP contribution in [0.1, 0.15) is 129 Å². The Balaban J connectivity index is 4.79. The number of likely N-dealkylation sites (N-methyl/N-ethyl adjacent to an activating group) is 1. The molecule has 0 radical (unpaired) electrons. The van der Waals surface area contributed by atoms with Crippen LogP contribution in [0.4, 0.5) is 0 Å². The Labute approximate surface area is 329 Å². The molecule has 0 aromatic rings. The van der Waals surface area contributed by atoms with E-state index in [0.717, 1.165) is 64.2 Å². The molecule has 0 rings (SSSR count). The first-order valence-corrected chi connectivity index (χ1v) is 21.9. The number of quaternary nitrogens is 1. The number of carbonyl (C=O) groups excluding carboxylic acids is 1. The third-order valence-electron chi connectivity index (χ3n) is 8.57. The molecule has 11 heteroatoms. The molecule has 0 aromatic carbocycles. The van der Waals surface area contributed by atoms with Gasteiger partial charge in [-0.2, -0.15) is 0 Å². The van der Waals surface area contributed by atoms with Crippen LogP contribution in [0.3, 0.4) is 0 Å². The molecule has 0 bridgehead atoms. The summed E-state index contributed by atoms with van der Waals surface area (Å²) in [5.41, 5.74) is 0. The molecule has 4 N–H and O–H groups in total. The largest absolute Gasteiger partial charge is 0.756 e. The van der Waals surface area contributed by atoms with E-state index in [0.29, 0.717) is 23.9 Å². The molecule has 5 atom stereocenters. The maximum absolute atomic E-state index is 12.8. The summed E-state index contributed by atoms with van der Waals surface area (Å²) in [6.45, 7) is 4.19. The number of phosphoric acid groups is 1. The van der Waals surface area contributed by atoms with Crippen LogP contribution < -0.4 is 10.2 Å². The van der Waals surface area contributed by atoms with E-state index < -0.39 is 44.7 Å². The fraction of sp³-hybridized carbons (Fsp3) is 0.698. The maximum atomic E-state index is 12.8. The molecule has 0 heterocycles. The number of hydrogen-bond donors (Lipinski definition) is 4. The number of allylic oxidation sites excluding steroid dienone is 10. The number of hydrogen-bond acceptors (Lipinski definition) is 8. The van der Waals surface area contributed by atoms with Gasteiger partial charge in [0.15, 0.2) is 0 Å². The van der Waals surface area contributed by atoms with Crippen LogP contribution in [0.25, 0.3) is 0 Å². The number of carbonyl (C=O) groups is 1. The summed E-state index contributed by atoms with van der Waals surface area (Å²) < 4.78 is 23.0. The van der Waals surface area contributed by atoms with E-state index in [-0.39, 0.29) is 19.4 Å². The molecular weight excluding hydrogens is 703 g/mol. The smallest absolute Gasteiger partial charge is 0.268 e. The number of nitrogens with zero attached hydrogens (tertiary/aromatic N) is 1. The molecule has 0 aliphatic heterocycles. The highest BCUT2D eigenvalue weighted by atomic mass is 31.2. The average molecular weight is 781 g/mol. The Kier molecular flexibility index (Phi) is 32.8. The Bertz CT molecular complexity index is 1140. The minimum atomic E-state index is -4.67. The van der Waals surface area contributed by atoms with Crippen molar-refractivity contribution < 1.29 is 43.1 Å². The first-order chi connectivity index (χ1) is 25.8. The zero-order chi connectivity index (χ0) is 40.3. The van der Waals surface area contributed by atoms with Crippen LogP contribution in [0.2, 0.25) is 0 Å². The molecule has 0 spiro atoms. The Morgan fingerprint density at radius 2 is 1.28 bits per heavy atom. The predicted octanol–water partition coefficient (Wildman–Crippen LogP) is 8.16. The van der Waals surface area contributed by atoms with E-state index in [4.69, 9.17) is 9.05 Å². The van der Waals surface area contributed by atoms with Gasteiger partial charge in [-0.05, 0) is 77.0 Å².